The van der Waals surface area contributed by atoms with Crippen LogP contribution in [0.1, 0.15) is 24.4 Å². The summed E-state index contributed by atoms with van der Waals surface area (Å²) in [4.78, 5) is 10.3. The van der Waals surface area contributed by atoms with Crippen molar-refractivity contribution in [3.05, 3.63) is 73.1 Å². The van der Waals surface area contributed by atoms with E-state index in [2.05, 4.69) is 30.9 Å². The summed E-state index contributed by atoms with van der Waals surface area (Å²) in [5, 5.41) is 5.52. The van der Waals surface area contributed by atoms with Crippen molar-refractivity contribution in [3.63, 3.8) is 0 Å². The van der Waals surface area contributed by atoms with E-state index in [1.165, 1.54) is 18.5 Å². The van der Waals surface area contributed by atoms with Gasteiger partial charge in [-0.05, 0) is 37.1 Å². The van der Waals surface area contributed by atoms with Crippen molar-refractivity contribution < 1.29 is 26.3 Å². The SMILES string of the molecule is C=CCN1CCCC(n2nc(-c3ccc(CNS(=O)(=O)c4ccccc4OC(F)(F)F)cc3)c3c(N)ncnc32)C1. The van der Waals surface area contributed by atoms with Gasteiger partial charge >= 0.3 is 6.36 Å². The van der Waals surface area contributed by atoms with Crippen LogP contribution < -0.4 is 15.2 Å². The standard InChI is InChI=1S/C27H28F3N7O3S/c1-2-13-36-14-5-6-20(16-36)37-26-23(25(31)32-17-33-26)24(35-37)19-11-9-18(10-12-19)15-34-41(38,39)22-8-4-3-7-21(22)40-27(28,29)30/h2-4,7-12,17,20,34H,1,5-6,13-16H2,(H2,31,32,33). The van der Waals surface area contributed by atoms with Crippen molar-refractivity contribution in [2.45, 2.75) is 36.7 Å². The molecule has 41 heavy (non-hydrogen) atoms. The molecule has 1 atom stereocenters. The summed E-state index contributed by atoms with van der Waals surface area (Å²) in [7, 11) is -4.31. The van der Waals surface area contributed by atoms with E-state index in [1.807, 2.05) is 10.8 Å². The molecule has 3 heterocycles. The second-order valence-electron chi connectivity index (χ2n) is 9.61. The number of fused-ring (bicyclic) bond motifs is 1. The van der Waals surface area contributed by atoms with E-state index in [0.29, 0.717) is 28.1 Å². The van der Waals surface area contributed by atoms with E-state index in [-0.39, 0.29) is 12.6 Å². The number of nitrogens with zero attached hydrogens (tertiary/aromatic N) is 5. The molecule has 2 aromatic carbocycles. The van der Waals surface area contributed by atoms with Gasteiger partial charge in [-0.2, -0.15) is 5.10 Å². The number of rotatable bonds is 9. The van der Waals surface area contributed by atoms with Crippen molar-refractivity contribution in [2.24, 2.45) is 0 Å². The lowest BCUT2D eigenvalue weighted by Gasteiger charge is -2.32. The summed E-state index contributed by atoms with van der Waals surface area (Å²) in [6, 6.07) is 11.6. The highest BCUT2D eigenvalue weighted by Crippen LogP contribution is 2.34. The fourth-order valence-electron chi connectivity index (χ4n) is 4.95. The number of anilines is 1. The number of benzene rings is 2. The first-order chi connectivity index (χ1) is 19.6. The van der Waals surface area contributed by atoms with Gasteiger partial charge in [-0.3, -0.25) is 4.90 Å². The zero-order valence-electron chi connectivity index (χ0n) is 21.9. The average Bonchev–Trinajstić information content (AvgIpc) is 3.33. The minimum absolute atomic E-state index is 0.0899. The maximum absolute atomic E-state index is 12.8. The number of nitrogen functional groups attached to an aromatic ring is 1. The van der Waals surface area contributed by atoms with Crippen molar-refractivity contribution in [1.29, 1.82) is 0 Å². The van der Waals surface area contributed by atoms with Crippen molar-refractivity contribution in [3.8, 4) is 17.0 Å². The van der Waals surface area contributed by atoms with Gasteiger partial charge in [-0.15, -0.1) is 19.8 Å². The molecule has 1 fully saturated rings. The lowest BCUT2D eigenvalue weighted by atomic mass is 10.1. The Labute approximate surface area is 234 Å². The molecule has 1 aliphatic rings. The van der Waals surface area contributed by atoms with E-state index >= 15 is 0 Å². The lowest BCUT2D eigenvalue weighted by molar-refractivity contribution is -0.275. The van der Waals surface area contributed by atoms with Gasteiger partial charge < -0.3 is 10.5 Å². The van der Waals surface area contributed by atoms with E-state index in [9.17, 15) is 21.6 Å². The third kappa shape index (κ3) is 6.34. The number of ether oxygens (including phenoxy) is 1. The highest BCUT2D eigenvalue weighted by molar-refractivity contribution is 7.89. The molecule has 0 bridgehead atoms. The van der Waals surface area contributed by atoms with Crippen LogP contribution in [0.2, 0.25) is 0 Å². The second-order valence-corrected chi connectivity index (χ2v) is 11.3. The van der Waals surface area contributed by atoms with Gasteiger partial charge in [0.25, 0.3) is 0 Å². The summed E-state index contributed by atoms with van der Waals surface area (Å²) < 4.78 is 72.0. The number of piperidine rings is 1. The molecule has 14 heteroatoms. The average molecular weight is 588 g/mol. The maximum Gasteiger partial charge on any atom is 0.573 e. The molecule has 1 aliphatic heterocycles. The molecule has 1 unspecified atom stereocenters. The maximum atomic E-state index is 12.8. The molecule has 4 aromatic rings. The molecule has 0 aliphatic carbocycles. The summed E-state index contributed by atoms with van der Waals surface area (Å²) >= 11 is 0. The van der Waals surface area contributed by atoms with Crippen LogP contribution in [0.3, 0.4) is 0 Å². The molecule has 5 rings (SSSR count). The molecular weight excluding hydrogens is 559 g/mol. The Hall–Kier alpha value is -4.01. The van der Waals surface area contributed by atoms with E-state index < -0.39 is 27.0 Å². The number of nitrogens with one attached hydrogen (secondary N) is 1. The number of likely N-dealkylation sites (tertiary alicyclic amines) is 1. The zero-order chi connectivity index (χ0) is 29.2. The van der Waals surface area contributed by atoms with E-state index in [0.717, 1.165) is 50.2 Å². The van der Waals surface area contributed by atoms with Crippen molar-refractivity contribution >= 4 is 26.9 Å². The van der Waals surface area contributed by atoms with Crippen LogP contribution in [-0.2, 0) is 16.6 Å². The number of sulfonamides is 1. The quantitative estimate of drug-likeness (QED) is 0.278. The van der Waals surface area contributed by atoms with Crippen LogP contribution in [0.15, 0.2) is 72.4 Å². The first kappa shape index (κ1) is 28.5. The number of hydrogen-bond acceptors (Lipinski definition) is 8. The molecule has 0 radical (unpaired) electrons. The van der Waals surface area contributed by atoms with Gasteiger partial charge in [0.2, 0.25) is 10.0 Å². The summed E-state index contributed by atoms with van der Waals surface area (Å²) in [5.74, 6) is -0.512. The van der Waals surface area contributed by atoms with Crippen LogP contribution in [-0.4, -0.2) is 59.1 Å². The molecule has 0 spiro atoms. The van der Waals surface area contributed by atoms with Crippen molar-refractivity contribution in [2.75, 3.05) is 25.4 Å². The third-order valence-corrected chi connectivity index (χ3v) is 8.23. The zero-order valence-corrected chi connectivity index (χ0v) is 22.7. The molecule has 0 saturated carbocycles. The Balaban J connectivity index is 1.38. The highest BCUT2D eigenvalue weighted by Gasteiger charge is 2.34. The number of para-hydroxylation sites is 1. The van der Waals surface area contributed by atoms with Crippen LogP contribution in [0.4, 0.5) is 19.0 Å². The number of halogens is 3. The van der Waals surface area contributed by atoms with Crippen LogP contribution in [0.5, 0.6) is 5.75 Å². The Kier molecular flexibility index (Phi) is 7.98. The molecule has 216 valence electrons. The highest BCUT2D eigenvalue weighted by atomic mass is 32.2. The van der Waals surface area contributed by atoms with Crippen molar-refractivity contribution in [1.82, 2.24) is 29.4 Å². The minimum Gasteiger partial charge on any atom is -0.404 e. The number of aromatic nitrogens is 4. The number of nitrogens with two attached hydrogens (primary N) is 1. The van der Waals surface area contributed by atoms with Crippen LogP contribution >= 0.6 is 0 Å². The Morgan fingerprint density at radius 2 is 1.90 bits per heavy atom. The topological polar surface area (TPSA) is 128 Å². The van der Waals surface area contributed by atoms with Gasteiger partial charge in [-0.1, -0.05) is 42.5 Å². The molecular formula is C27H28F3N7O3S. The Bertz CT molecular complexity index is 1660. The first-order valence-corrected chi connectivity index (χ1v) is 14.3. The predicted octanol–water partition coefficient (Wildman–Crippen LogP) is 4.28. The Morgan fingerprint density at radius 1 is 1.15 bits per heavy atom. The second kappa shape index (κ2) is 11.5. The first-order valence-electron chi connectivity index (χ1n) is 12.8. The molecule has 2 aromatic heterocycles. The smallest absolute Gasteiger partial charge is 0.404 e. The van der Waals surface area contributed by atoms with Crippen LogP contribution in [0.25, 0.3) is 22.3 Å². The molecule has 3 N–H and O–H groups in total. The van der Waals surface area contributed by atoms with Gasteiger partial charge in [-0.25, -0.2) is 27.8 Å². The molecule has 1 saturated heterocycles. The fraction of sp³-hybridized carbons (Fsp3) is 0.296. The fourth-order valence-corrected chi connectivity index (χ4v) is 6.09. The summed E-state index contributed by atoms with van der Waals surface area (Å²) in [5.41, 5.74) is 8.80. The largest absolute Gasteiger partial charge is 0.573 e. The minimum atomic E-state index is -5.03. The molecule has 0 amide bonds. The van der Waals surface area contributed by atoms with E-state index in [1.54, 1.807) is 24.3 Å². The number of hydrogen-bond donors (Lipinski definition) is 2. The van der Waals surface area contributed by atoms with Crippen LogP contribution in [0, 0.1) is 0 Å². The third-order valence-electron chi connectivity index (χ3n) is 6.79. The van der Waals surface area contributed by atoms with E-state index in [4.69, 9.17) is 10.8 Å². The molecule has 10 nitrogen and oxygen atoms in total. The lowest BCUT2D eigenvalue weighted by Crippen LogP contribution is -2.37. The monoisotopic (exact) mass is 587 g/mol. The number of alkyl halides is 3. The van der Waals surface area contributed by atoms with Gasteiger partial charge in [0.1, 0.15) is 28.5 Å². The summed E-state index contributed by atoms with van der Waals surface area (Å²) in [6.45, 7) is 6.24. The normalized spacial score (nSPS) is 16.6. The Morgan fingerprint density at radius 3 is 2.63 bits per heavy atom. The predicted molar refractivity (Wildman–Crippen MR) is 147 cm³/mol. The van der Waals surface area contributed by atoms with Gasteiger partial charge in [0, 0.05) is 25.2 Å². The van der Waals surface area contributed by atoms with Gasteiger partial charge in [0.05, 0.1) is 11.4 Å². The summed E-state index contributed by atoms with van der Waals surface area (Å²) in [6.07, 6.45) is 0.204. The van der Waals surface area contributed by atoms with Gasteiger partial charge in [0.15, 0.2) is 5.65 Å².